The number of nitrogens with one attached hydrogen (secondary N) is 2. The maximum atomic E-state index is 12.4. The Labute approximate surface area is 144 Å². The molecule has 0 amide bonds. The standard InChI is InChI=1S/C18H20N4O3/c1-11-8-13(23)2-3-14(11)20-17-9-16-15(10-19-17)21-18(24)22(16)12-4-6-25-7-5-12/h2-3,8-10,12,23H,4-7H2,1H3,(H,19,20)(H,21,24). The number of aromatic nitrogens is 3. The third-order valence-electron chi connectivity index (χ3n) is 4.63. The highest BCUT2D eigenvalue weighted by molar-refractivity contribution is 5.78. The normalized spacial score (nSPS) is 15.6. The number of phenolic OH excluding ortho intramolecular Hbond substituents is 1. The number of anilines is 2. The van der Waals surface area contributed by atoms with E-state index in [-0.39, 0.29) is 17.5 Å². The van der Waals surface area contributed by atoms with Crippen molar-refractivity contribution in [2.45, 2.75) is 25.8 Å². The number of phenols is 1. The van der Waals surface area contributed by atoms with Crippen LogP contribution < -0.4 is 11.0 Å². The molecule has 1 aromatic carbocycles. The van der Waals surface area contributed by atoms with E-state index < -0.39 is 0 Å². The van der Waals surface area contributed by atoms with E-state index in [0.29, 0.717) is 19.0 Å². The van der Waals surface area contributed by atoms with Gasteiger partial charge in [-0.15, -0.1) is 0 Å². The number of aromatic amines is 1. The molecule has 3 heterocycles. The number of hydrogen-bond donors (Lipinski definition) is 3. The Morgan fingerprint density at radius 3 is 2.88 bits per heavy atom. The van der Waals surface area contributed by atoms with Crippen molar-refractivity contribution in [3.05, 3.63) is 46.5 Å². The summed E-state index contributed by atoms with van der Waals surface area (Å²) in [5.74, 6) is 0.881. The fraction of sp³-hybridized carbons (Fsp3) is 0.333. The summed E-state index contributed by atoms with van der Waals surface area (Å²) in [6.45, 7) is 3.26. The topological polar surface area (TPSA) is 92.2 Å². The summed E-state index contributed by atoms with van der Waals surface area (Å²) in [4.78, 5) is 19.7. The van der Waals surface area contributed by atoms with Crippen LogP contribution in [0, 0.1) is 6.92 Å². The number of rotatable bonds is 3. The van der Waals surface area contributed by atoms with Crippen LogP contribution in [-0.2, 0) is 4.74 Å². The largest absolute Gasteiger partial charge is 0.508 e. The molecule has 0 aliphatic carbocycles. The number of hydrogen-bond acceptors (Lipinski definition) is 5. The summed E-state index contributed by atoms with van der Waals surface area (Å²) in [6, 6.07) is 7.14. The monoisotopic (exact) mass is 340 g/mol. The number of imidazole rings is 1. The van der Waals surface area contributed by atoms with E-state index in [1.165, 1.54) is 0 Å². The first-order chi connectivity index (χ1) is 12.1. The Morgan fingerprint density at radius 2 is 2.12 bits per heavy atom. The van der Waals surface area contributed by atoms with Crippen LogP contribution in [0.2, 0.25) is 0 Å². The van der Waals surface area contributed by atoms with Crippen molar-refractivity contribution in [1.29, 1.82) is 0 Å². The van der Waals surface area contributed by atoms with Crippen molar-refractivity contribution in [2.75, 3.05) is 18.5 Å². The molecule has 0 spiro atoms. The molecule has 3 aromatic rings. The van der Waals surface area contributed by atoms with Gasteiger partial charge in [-0.2, -0.15) is 0 Å². The van der Waals surface area contributed by atoms with Crippen molar-refractivity contribution in [3.63, 3.8) is 0 Å². The van der Waals surface area contributed by atoms with Gasteiger partial charge in [0.25, 0.3) is 0 Å². The molecule has 1 fully saturated rings. The van der Waals surface area contributed by atoms with Crippen molar-refractivity contribution in [2.24, 2.45) is 0 Å². The zero-order valence-electron chi connectivity index (χ0n) is 14.0. The number of pyridine rings is 1. The maximum Gasteiger partial charge on any atom is 0.326 e. The first kappa shape index (κ1) is 15.7. The lowest BCUT2D eigenvalue weighted by atomic mass is 10.1. The smallest absolute Gasteiger partial charge is 0.326 e. The number of aryl methyl sites for hydroxylation is 1. The fourth-order valence-electron chi connectivity index (χ4n) is 3.33. The molecule has 2 aromatic heterocycles. The van der Waals surface area contributed by atoms with E-state index in [4.69, 9.17) is 4.74 Å². The predicted molar refractivity (Wildman–Crippen MR) is 95.6 cm³/mol. The Hall–Kier alpha value is -2.80. The van der Waals surface area contributed by atoms with Crippen LogP contribution in [0.5, 0.6) is 5.75 Å². The van der Waals surface area contributed by atoms with Gasteiger partial charge in [0.15, 0.2) is 0 Å². The Kier molecular flexibility index (Phi) is 3.93. The molecule has 1 saturated heterocycles. The molecule has 7 nitrogen and oxygen atoms in total. The number of nitrogens with zero attached hydrogens (tertiary/aromatic N) is 2. The Morgan fingerprint density at radius 1 is 1.32 bits per heavy atom. The van der Waals surface area contributed by atoms with Crippen molar-refractivity contribution in [3.8, 4) is 5.75 Å². The zero-order chi connectivity index (χ0) is 17.4. The number of fused-ring (bicyclic) bond motifs is 1. The number of benzene rings is 1. The van der Waals surface area contributed by atoms with Gasteiger partial charge >= 0.3 is 5.69 Å². The van der Waals surface area contributed by atoms with Gasteiger partial charge in [-0.1, -0.05) is 0 Å². The van der Waals surface area contributed by atoms with Gasteiger partial charge in [-0.3, -0.25) is 4.57 Å². The number of H-pyrrole nitrogens is 1. The highest BCUT2D eigenvalue weighted by atomic mass is 16.5. The molecule has 0 radical (unpaired) electrons. The lowest BCUT2D eigenvalue weighted by Gasteiger charge is -2.23. The maximum absolute atomic E-state index is 12.4. The molecule has 0 atom stereocenters. The lowest BCUT2D eigenvalue weighted by molar-refractivity contribution is 0.0698. The van der Waals surface area contributed by atoms with Gasteiger partial charge in [0.2, 0.25) is 0 Å². The predicted octanol–water partition coefficient (Wildman–Crippen LogP) is 2.83. The van der Waals surface area contributed by atoms with E-state index in [2.05, 4.69) is 15.3 Å². The highest BCUT2D eigenvalue weighted by Crippen LogP contribution is 2.27. The Balaban J connectivity index is 1.72. The summed E-state index contributed by atoms with van der Waals surface area (Å²) in [5, 5.41) is 12.8. The van der Waals surface area contributed by atoms with Gasteiger partial charge < -0.3 is 20.1 Å². The molecule has 7 heteroatoms. The summed E-state index contributed by atoms with van der Waals surface area (Å²) < 4.78 is 7.22. The molecular formula is C18H20N4O3. The number of aromatic hydroxyl groups is 1. The zero-order valence-corrected chi connectivity index (χ0v) is 14.0. The third kappa shape index (κ3) is 2.98. The van der Waals surface area contributed by atoms with Crippen molar-refractivity contribution < 1.29 is 9.84 Å². The molecule has 1 aliphatic heterocycles. The second kappa shape index (κ2) is 6.25. The summed E-state index contributed by atoms with van der Waals surface area (Å²) in [5.41, 5.74) is 3.23. The van der Waals surface area contributed by atoms with E-state index in [0.717, 1.165) is 35.1 Å². The first-order valence-corrected chi connectivity index (χ1v) is 8.36. The van der Waals surface area contributed by atoms with Gasteiger partial charge in [0, 0.05) is 31.0 Å². The molecule has 25 heavy (non-hydrogen) atoms. The van der Waals surface area contributed by atoms with E-state index >= 15 is 0 Å². The minimum atomic E-state index is -0.110. The minimum Gasteiger partial charge on any atom is -0.508 e. The fourth-order valence-corrected chi connectivity index (χ4v) is 3.33. The van der Waals surface area contributed by atoms with Gasteiger partial charge in [0.05, 0.1) is 17.2 Å². The van der Waals surface area contributed by atoms with Crippen LogP contribution in [0.1, 0.15) is 24.4 Å². The van der Waals surface area contributed by atoms with Crippen molar-refractivity contribution >= 4 is 22.5 Å². The van der Waals surface area contributed by atoms with Crippen molar-refractivity contribution in [1.82, 2.24) is 14.5 Å². The summed E-state index contributed by atoms with van der Waals surface area (Å²) in [7, 11) is 0. The molecule has 0 unspecified atom stereocenters. The average Bonchev–Trinajstić information content (AvgIpc) is 2.93. The second-order valence-corrected chi connectivity index (χ2v) is 6.35. The molecule has 0 bridgehead atoms. The van der Waals surface area contributed by atoms with E-state index in [1.54, 1.807) is 24.4 Å². The average molecular weight is 340 g/mol. The third-order valence-corrected chi connectivity index (χ3v) is 4.63. The number of ether oxygens (including phenoxy) is 1. The highest BCUT2D eigenvalue weighted by Gasteiger charge is 2.20. The minimum absolute atomic E-state index is 0.110. The van der Waals surface area contributed by atoms with E-state index in [1.807, 2.05) is 17.6 Å². The first-order valence-electron chi connectivity index (χ1n) is 8.36. The second-order valence-electron chi connectivity index (χ2n) is 6.35. The molecular weight excluding hydrogens is 320 g/mol. The van der Waals surface area contributed by atoms with E-state index in [9.17, 15) is 9.90 Å². The molecule has 3 N–H and O–H groups in total. The summed E-state index contributed by atoms with van der Waals surface area (Å²) in [6.07, 6.45) is 3.33. The van der Waals surface area contributed by atoms with Gasteiger partial charge in [-0.25, -0.2) is 9.78 Å². The van der Waals surface area contributed by atoms with Crippen LogP contribution >= 0.6 is 0 Å². The Bertz CT molecular complexity index is 970. The lowest BCUT2D eigenvalue weighted by Crippen LogP contribution is -2.27. The SMILES string of the molecule is Cc1cc(O)ccc1Nc1cc2c(cn1)[nH]c(=O)n2C1CCOCC1. The quantitative estimate of drug-likeness (QED) is 0.638. The van der Waals surface area contributed by atoms with Gasteiger partial charge in [0.1, 0.15) is 11.6 Å². The van der Waals surface area contributed by atoms with Crippen LogP contribution in [-0.4, -0.2) is 32.9 Å². The van der Waals surface area contributed by atoms with Crippen LogP contribution in [0.3, 0.4) is 0 Å². The van der Waals surface area contributed by atoms with Crippen LogP contribution in [0.15, 0.2) is 35.3 Å². The molecule has 1 aliphatic rings. The van der Waals surface area contributed by atoms with Crippen LogP contribution in [0.4, 0.5) is 11.5 Å². The van der Waals surface area contributed by atoms with Crippen LogP contribution in [0.25, 0.3) is 11.0 Å². The molecule has 130 valence electrons. The van der Waals surface area contributed by atoms with Gasteiger partial charge in [-0.05, 0) is 43.5 Å². The molecule has 0 saturated carbocycles. The summed E-state index contributed by atoms with van der Waals surface area (Å²) >= 11 is 0. The molecule has 4 rings (SSSR count).